The predicted molar refractivity (Wildman–Crippen MR) is 111 cm³/mol. The topological polar surface area (TPSA) is 67.5 Å². The fourth-order valence-corrected chi connectivity index (χ4v) is 3.44. The van der Waals surface area contributed by atoms with Crippen LogP contribution < -0.4 is 11.2 Å². The van der Waals surface area contributed by atoms with E-state index in [0.29, 0.717) is 12.0 Å². The van der Waals surface area contributed by atoms with Crippen molar-refractivity contribution in [2.75, 3.05) is 5.32 Å². The number of nitrogens with one attached hydrogen (secondary N) is 1. The second-order valence-corrected chi connectivity index (χ2v) is 7.26. The summed E-state index contributed by atoms with van der Waals surface area (Å²) in [7, 11) is 0. The second kappa shape index (κ2) is 7.23. The van der Waals surface area contributed by atoms with E-state index in [1.54, 1.807) is 0 Å². The van der Waals surface area contributed by atoms with Gasteiger partial charge in [-0.1, -0.05) is 42.5 Å². The van der Waals surface area contributed by atoms with E-state index >= 15 is 0 Å². The van der Waals surface area contributed by atoms with E-state index in [1.807, 2.05) is 43.3 Å². The van der Waals surface area contributed by atoms with Crippen LogP contribution in [0.5, 0.6) is 0 Å². The molecule has 1 fully saturated rings. The summed E-state index contributed by atoms with van der Waals surface area (Å²) in [4.78, 5) is 12.8. The number of carbonyl (C=O) groups is 1. The van der Waals surface area contributed by atoms with Gasteiger partial charge in [-0.3, -0.25) is 4.79 Å². The van der Waals surface area contributed by atoms with Gasteiger partial charge in [-0.25, -0.2) is 0 Å². The average Bonchev–Trinajstić information content (AvgIpc) is 3.53. The molecule has 4 rings (SSSR count). The quantitative estimate of drug-likeness (QED) is 0.389. The number of nitrogens with zero attached hydrogens (tertiary/aromatic N) is 1. The Morgan fingerprint density at radius 3 is 2.70 bits per heavy atom. The van der Waals surface area contributed by atoms with Crippen LogP contribution in [0.15, 0.2) is 65.8 Å². The van der Waals surface area contributed by atoms with Crippen molar-refractivity contribution in [1.82, 2.24) is 0 Å². The van der Waals surface area contributed by atoms with E-state index in [0.717, 1.165) is 28.3 Å². The summed E-state index contributed by atoms with van der Waals surface area (Å²) in [5, 5.41) is 9.00. The molecule has 3 N–H and O–H groups in total. The molecule has 0 radical (unpaired) electrons. The Morgan fingerprint density at radius 2 is 1.93 bits per heavy atom. The zero-order chi connectivity index (χ0) is 18.8. The Labute approximate surface area is 159 Å². The number of hydrazone groups is 1. The van der Waals surface area contributed by atoms with E-state index in [4.69, 9.17) is 5.84 Å². The highest BCUT2D eigenvalue weighted by atomic mass is 16.1. The molecule has 1 amide bonds. The van der Waals surface area contributed by atoms with Crippen LogP contribution in [0.2, 0.25) is 0 Å². The molecule has 0 bridgehead atoms. The fourth-order valence-electron chi connectivity index (χ4n) is 3.44. The van der Waals surface area contributed by atoms with Gasteiger partial charge in [0.25, 0.3) is 5.91 Å². The molecule has 3 aromatic rings. The largest absolute Gasteiger partial charge is 0.323 e. The summed E-state index contributed by atoms with van der Waals surface area (Å²) in [6.45, 7) is 1.87. The molecule has 4 nitrogen and oxygen atoms in total. The number of fused-ring (bicyclic) bond motifs is 1. The van der Waals surface area contributed by atoms with Crippen LogP contribution in [0.4, 0.5) is 5.69 Å². The maximum atomic E-state index is 12.8. The van der Waals surface area contributed by atoms with Crippen molar-refractivity contribution in [2.45, 2.75) is 32.1 Å². The molecule has 4 heteroatoms. The molecule has 0 unspecified atom stereocenters. The lowest BCUT2D eigenvalue weighted by Gasteiger charge is -2.11. The Bertz CT molecular complexity index is 1030. The highest BCUT2D eigenvalue weighted by Crippen LogP contribution is 2.41. The smallest absolute Gasteiger partial charge is 0.255 e. The minimum Gasteiger partial charge on any atom is -0.323 e. The van der Waals surface area contributed by atoms with Crippen LogP contribution in [-0.2, 0) is 6.42 Å². The summed E-state index contributed by atoms with van der Waals surface area (Å²) < 4.78 is 0. The third-order valence-electron chi connectivity index (χ3n) is 5.07. The number of anilines is 1. The standard InChI is InChI=1S/C23H23N3O/c1-15(26-24)12-16-4-2-6-20(13-16)23(27)25-22-7-3-5-19-14-18(17-8-9-17)10-11-21(19)22/h2-7,10-11,13-14,17H,8-9,12,24H2,1H3,(H,25,27)/b26-15+. The SMILES string of the molecule is C/C(Cc1cccc(C(=O)Nc2cccc3cc(C4CC4)ccc23)c1)=N\N. The first-order valence-corrected chi connectivity index (χ1v) is 9.30. The highest BCUT2D eigenvalue weighted by Gasteiger charge is 2.23. The Morgan fingerprint density at radius 1 is 1.11 bits per heavy atom. The zero-order valence-corrected chi connectivity index (χ0v) is 15.4. The van der Waals surface area contributed by atoms with Gasteiger partial charge in [-0.2, -0.15) is 5.10 Å². The lowest BCUT2D eigenvalue weighted by Crippen LogP contribution is -2.13. The van der Waals surface area contributed by atoms with Crippen molar-refractivity contribution in [3.05, 3.63) is 77.4 Å². The van der Waals surface area contributed by atoms with Gasteiger partial charge in [-0.05, 0) is 60.4 Å². The number of amides is 1. The first-order chi connectivity index (χ1) is 13.1. The van der Waals surface area contributed by atoms with E-state index < -0.39 is 0 Å². The molecule has 1 saturated carbocycles. The molecular formula is C23H23N3O. The molecule has 136 valence electrons. The van der Waals surface area contributed by atoms with Crippen LogP contribution in [0.1, 0.15) is 47.2 Å². The highest BCUT2D eigenvalue weighted by molar-refractivity contribution is 6.09. The van der Waals surface area contributed by atoms with Crippen LogP contribution in [-0.4, -0.2) is 11.6 Å². The third kappa shape index (κ3) is 3.85. The summed E-state index contributed by atoms with van der Waals surface area (Å²) in [5.41, 5.74) is 4.71. The number of benzene rings is 3. The second-order valence-electron chi connectivity index (χ2n) is 7.26. The molecule has 0 aliphatic heterocycles. The Balaban J connectivity index is 1.58. The monoisotopic (exact) mass is 357 g/mol. The molecule has 0 heterocycles. The molecule has 0 aromatic heterocycles. The first-order valence-electron chi connectivity index (χ1n) is 9.30. The van der Waals surface area contributed by atoms with Crippen LogP contribution >= 0.6 is 0 Å². The zero-order valence-electron chi connectivity index (χ0n) is 15.4. The summed E-state index contributed by atoms with van der Waals surface area (Å²) in [6, 6.07) is 20.2. The van der Waals surface area contributed by atoms with Gasteiger partial charge in [0.1, 0.15) is 0 Å². The molecule has 1 aliphatic rings. The Kier molecular flexibility index (Phi) is 4.63. The van der Waals surface area contributed by atoms with Gasteiger partial charge in [0.15, 0.2) is 0 Å². The normalized spacial score (nSPS) is 14.3. The van der Waals surface area contributed by atoms with Gasteiger partial charge in [0.2, 0.25) is 0 Å². The Hall–Kier alpha value is -3.14. The van der Waals surface area contributed by atoms with Crippen LogP contribution in [0, 0.1) is 0 Å². The number of hydrogen-bond acceptors (Lipinski definition) is 3. The maximum absolute atomic E-state index is 12.8. The lowest BCUT2D eigenvalue weighted by atomic mass is 10.0. The van der Waals surface area contributed by atoms with Crippen molar-refractivity contribution in [3.8, 4) is 0 Å². The van der Waals surface area contributed by atoms with Crippen LogP contribution in [0.3, 0.4) is 0 Å². The van der Waals surface area contributed by atoms with Gasteiger partial charge < -0.3 is 11.2 Å². The molecule has 0 spiro atoms. The summed E-state index contributed by atoms with van der Waals surface area (Å²) in [5.74, 6) is 5.92. The van der Waals surface area contributed by atoms with Crippen molar-refractivity contribution < 1.29 is 4.79 Å². The van der Waals surface area contributed by atoms with Gasteiger partial charge >= 0.3 is 0 Å². The molecule has 27 heavy (non-hydrogen) atoms. The summed E-state index contributed by atoms with van der Waals surface area (Å²) >= 11 is 0. The number of rotatable bonds is 5. The minimum absolute atomic E-state index is 0.113. The number of carbonyl (C=O) groups excluding carboxylic acids is 1. The van der Waals surface area contributed by atoms with Gasteiger partial charge in [0, 0.05) is 28.8 Å². The van der Waals surface area contributed by atoms with Crippen molar-refractivity contribution in [2.24, 2.45) is 10.9 Å². The number of hydrogen-bond donors (Lipinski definition) is 2. The van der Waals surface area contributed by atoms with E-state index in [9.17, 15) is 4.79 Å². The van der Waals surface area contributed by atoms with E-state index in [1.165, 1.54) is 23.8 Å². The molecule has 3 aromatic carbocycles. The van der Waals surface area contributed by atoms with Gasteiger partial charge in [0.05, 0.1) is 0 Å². The lowest BCUT2D eigenvalue weighted by molar-refractivity contribution is 0.102. The van der Waals surface area contributed by atoms with Crippen molar-refractivity contribution in [1.29, 1.82) is 0 Å². The minimum atomic E-state index is -0.113. The number of nitrogens with two attached hydrogens (primary N) is 1. The fraction of sp³-hybridized carbons (Fsp3) is 0.217. The first kappa shape index (κ1) is 17.3. The third-order valence-corrected chi connectivity index (χ3v) is 5.07. The predicted octanol–water partition coefficient (Wildman–Crippen LogP) is 4.85. The van der Waals surface area contributed by atoms with Crippen molar-refractivity contribution in [3.63, 3.8) is 0 Å². The van der Waals surface area contributed by atoms with Gasteiger partial charge in [-0.15, -0.1) is 0 Å². The van der Waals surface area contributed by atoms with Crippen molar-refractivity contribution >= 4 is 28.1 Å². The molecule has 0 atom stereocenters. The molecule has 0 saturated heterocycles. The molecular weight excluding hydrogens is 334 g/mol. The molecule has 1 aliphatic carbocycles. The van der Waals surface area contributed by atoms with E-state index in [-0.39, 0.29) is 5.91 Å². The summed E-state index contributed by atoms with van der Waals surface area (Å²) in [6.07, 6.45) is 3.20. The average molecular weight is 357 g/mol. The maximum Gasteiger partial charge on any atom is 0.255 e. The van der Waals surface area contributed by atoms with E-state index in [2.05, 4.69) is 34.7 Å². The van der Waals surface area contributed by atoms with Crippen LogP contribution in [0.25, 0.3) is 10.8 Å².